The van der Waals surface area contributed by atoms with Crippen molar-refractivity contribution in [3.63, 3.8) is 0 Å². The van der Waals surface area contributed by atoms with Crippen LogP contribution < -0.4 is 0 Å². The molecule has 1 aromatic rings. The first kappa shape index (κ1) is 14.4. The molecule has 2 atom stereocenters. The molecule has 0 aliphatic heterocycles. The van der Waals surface area contributed by atoms with E-state index in [1.165, 1.54) is 6.07 Å². The van der Waals surface area contributed by atoms with Gasteiger partial charge in [0.15, 0.2) is 0 Å². The lowest BCUT2D eigenvalue weighted by atomic mass is 9.94. The van der Waals surface area contributed by atoms with Gasteiger partial charge < -0.3 is 14.9 Å². The molecule has 0 aromatic heterocycles. The monoisotopic (exact) mass is 268 g/mol. The summed E-state index contributed by atoms with van der Waals surface area (Å²) in [6.07, 6.45) is 3.22. The van der Waals surface area contributed by atoms with Crippen LogP contribution in [0.15, 0.2) is 24.3 Å². The zero-order valence-corrected chi connectivity index (χ0v) is 11.0. The smallest absolute Gasteiger partial charge is 0.128 e. The molecular formula is C15H21FO3. The Bertz CT molecular complexity index is 410. The van der Waals surface area contributed by atoms with Gasteiger partial charge in [0, 0.05) is 12.2 Å². The largest absolute Gasteiger partial charge is 0.396 e. The number of hydrogen-bond donors (Lipinski definition) is 2. The van der Waals surface area contributed by atoms with Crippen molar-refractivity contribution in [3.05, 3.63) is 35.6 Å². The van der Waals surface area contributed by atoms with Gasteiger partial charge in [0.05, 0.1) is 18.3 Å². The Morgan fingerprint density at radius 3 is 2.89 bits per heavy atom. The molecule has 1 aromatic carbocycles. The molecule has 0 radical (unpaired) electrons. The van der Waals surface area contributed by atoms with E-state index in [0.29, 0.717) is 24.8 Å². The summed E-state index contributed by atoms with van der Waals surface area (Å²) in [6.45, 7) is 0.251. The second-order valence-electron chi connectivity index (χ2n) is 5.21. The lowest BCUT2D eigenvalue weighted by Gasteiger charge is -2.30. The number of hydrogen-bond acceptors (Lipinski definition) is 3. The van der Waals surface area contributed by atoms with Gasteiger partial charge in [0.25, 0.3) is 0 Å². The highest BCUT2D eigenvalue weighted by atomic mass is 19.1. The van der Waals surface area contributed by atoms with Crippen molar-refractivity contribution in [2.24, 2.45) is 0 Å². The van der Waals surface area contributed by atoms with Gasteiger partial charge in [-0.15, -0.1) is 0 Å². The van der Waals surface area contributed by atoms with Crippen molar-refractivity contribution in [3.8, 4) is 0 Å². The summed E-state index contributed by atoms with van der Waals surface area (Å²) >= 11 is 0. The van der Waals surface area contributed by atoms with Crippen LogP contribution in [0.3, 0.4) is 0 Å². The van der Waals surface area contributed by atoms with Crippen LogP contribution in [0.2, 0.25) is 0 Å². The maximum atomic E-state index is 13.5. The molecule has 0 spiro atoms. The van der Waals surface area contributed by atoms with Crippen molar-refractivity contribution in [2.75, 3.05) is 6.61 Å². The fraction of sp³-hybridized carbons (Fsp3) is 0.600. The molecule has 2 rings (SSSR count). The maximum Gasteiger partial charge on any atom is 0.128 e. The molecule has 1 saturated carbocycles. The van der Waals surface area contributed by atoms with Gasteiger partial charge in [-0.2, -0.15) is 0 Å². The Morgan fingerprint density at radius 1 is 1.37 bits per heavy atom. The Morgan fingerprint density at radius 2 is 2.16 bits per heavy atom. The molecule has 0 amide bonds. The average Bonchev–Trinajstić information content (AvgIpc) is 2.77. The van der Waals surface area contributed by atoms with Crippen LogP contribution in [-0.4, -0.2) is 28.5 Å². The maximum absolute atomic E-state index is 13.5. The second-order valence-corrected chi connectivity index (χ2v) is 5.21. The SMILES string of the molecule is OCCCC1(O)CCCC1OCc1ccccc1F. The van der Waals surface area contributed by atoms with E-state index in [2.05, 4.69) is 0 Å². The van der Waals surface area contributed by atoms with Crippen LogP contribution in [0.25, 0.3) is 0 Å². The van der Waals surface area contributed by atoms with Crippen molar-refractivity contribution >= 4 is 0 Å². The third-order valence-corrected chi connectivity index (χ3v) is 3.84. The minimum atomic E-state index is -0.867. The summed E-state index contributed by atoms with van der Waals surface area (Å²) in [5.41, 5.74) is -0.354. The van der Waals surface area contributed by atoms with E-state index in [4.69, 9.17) is 9.84 Å². The van der Waals surface area contributed by atoms with Gasteiger partial charge in [-0.05, 0) is 38.2 Å². The minimum Gasteiger partial charge on any atom is -0.396 e. The van der Waals surface area contributed by atoms with Crippen LogP contribution in [0.4, 0.5) is 4.39 Å². The van der Waals surface area contributed by atoms with Gasteiger partial charge in [0.1, 0.15) is 5.82 Å². The van der Waals surface area contributed by atoms with Crippen molar-refractivity contribution in [1.29, 1.82) is 0 Å². The van der Waals surface area contributed by atoms with E-state index in [0.717, 1.165) is 12.8 Å². The summed E-state index contributed by atoms with van der Waals surface area (Å²) in [5, 5.41) is 19.4. The molecule has 1 aliphatic rings. The second kappa shape index (κ2) is 6.46. The lowest BCUT2D eigenvalue weighted by molar-refractivity contribution is -0.102. The van der Waals surface area contributed by atoms with Gasteiger partial charge in [-0.3, -0.25) is 0 Å². The van der Waals surface area contributed by atoms with Crippen LogP contribution in [0.1, 0.15) is 37.7 Å². The Hall–Kier alpha value is -0.970. The summed E-state index contributed by atoms with van der Waals surface area (Å²) in [5.74, 6) is -0.278. The first-order valence-electron chi connectivity index (χ1n) is 6.84. The van der Waals surface area contributed by atoms with Crippen LogP contribution in [-0.2, 0) is 11.3 Å². The van der Waals surface area contributed by atoms with E-state index >= 15 is 0 Å². The molecule has 0 bridgehead atoms. The predicted molar refractivity (Wildman–Crippen MR) is 70.1 cm³/mol. The Labute approximate surface area is 113 Å². The molecule has 1 fully saturated rings. The molecule has 0 heterocycles. The van der Waals surface area contributed by atoms with Gasteiger partial charge in [-0.1, -0.05) is 18.2 Å². The zero-order valence-electron chi connectivity index (χ0n) is 11.0. The first-order chi connectivity index (χ1) is 9.15. The van der Waals surface area contributed by atoms with Gasteiger partial charge >= 0.3 is 0 Å². The van der Waals surface area contributed by atoms with E-state index in [-0.39, 0.29) is 25.1 Å². The summed E-state index contributed by atoms with van der Waals surface area (Å²) in [4.78, 5) is 0. The number of benzene rings is 1. The average molecular weight is 268 g/mol. The molecule has 0 saturated heterocycles. The predicted octanol–water partition coefficient (Wildman–Crippen LogP) is 2.40. The fourth-order valence-corrected chi connectivity index (χ4v) is 2.74. The lowest BCUT2D eigenvalue weighted by Crippen LogP contribution is -2.39. The molecule has 4 heteroatoms. The van der Waals surface area contributed by atoms with E-state index in [1.807, 2.05) is 0 Å². The van der Waals surface area contributed by atoms with Crippen molar-refractivity contribution in [1.82, 2.24) is 0 Å². The van der Waals surface area contributed by atoms with Crippen LogP contribution >= 0.6 is 0 Å². The summed E-state index contributed by atoms with van der Waals surface area (Å²) in [6, 6.07) is 6.52. The molecule has 3 nitrogen and oxygen atoms in total. The van der Waals surface area contributed by atoms with Gasteiger partial charge in [0.2, 0.25) is 0 Å². The number of aliphatic hydroxyl groups is 2. The highest BCUT2D eigenvalue weighted by Gasteiger charge is 2.41. The van der Waals surface area contributed by atoms with Crippen molar-refractivity contribution < 1.29 is 19.3 Å². The standard InChI is InChI=1S/C15H21FO3/c16-13-6-2-1-5-12(13)11-19-14-7-3-8-15(14,18)9-4-10-17/h1-2,5-6,14,17-18H,3-4,7-11H2. The van der Waals surface area contributed by atoms with Crippen LogP contribution in [0, 0.1) is 5.82 Å². The van der Waals surface area contributed by atoms with Crippen molar-refractivity contribution in [2.45, 2.75) is 50.4 Å². The van der Waals surface area contributed by atoms with E-state index in [9.17, 15) is 9.50 Å². The summed E-state index contributed by atoms with van der Waals surface area (Å²) in [7, 11) is 0. The molecule has 2 unspecified atom stereocenters. The quantitative estimate of drug-likeness (QED) is 0.833. The Kier molecular flexibility index (Phi) is 4.91. The molecular weight excluding hydrogens is 247 g/mol. The summed E-state index contributed by atoms with van der Waals surface area (Å²) < 4.78 is 19.2. The molecule has 2 N–H and O–H groups in total. The molecule has 19 heavy (non-hydrogen) atoms. The normalized spacial score (nSPS) is 26.8. The van der Waals surface area contributed by atoms with Gasteiger partial charge in [-0.25, -0.2) is 4.39 Å². The third-order valence-electron chi connectivity index (χ3n) is 3.84. The number of rotatable bonds is 6. The first-order valence-corrected chi connectivity index (χ1v) is 6.84. The van der Waals surface area contributed by atoms with Crippen LogP contribution in [0.5, 0.6) is 0 Å². The topological polar surface area (TPSA) is 49.7 Å². The molecule has 106 valence electrons. The number of halogens is 1. The minimum absolute atomic E-state index is 0.0718. The highest BCUT2D eigenvalue weighted by molar-refractivity contribution is 5.16. The number of aliphatic hydroxyl groups excluding tert-OH is 1. The molecule has 1 aliphatic carbocycles. The highest BCUT2D eigenvalue weighted by Crippen LogP contribution is 2.36. The Balaban J connectivity index is 1.93. The zero-order chi connectivity index (χ0) is 13.7. The number of ether oxygens (including phenoxy) is 1. The van der Waals surface area contributed by atoms with E-state index in [1.54, 1.807) is 18.2 Å². The fourth-order valence-electron chi connectivity index (χ4n) is 2.74. The van der Waals surface area contributed by atoms with E-state index < -0.39 is 5.60 Å². The third kappa shape index (κ3) is 3.53.